The Labute approximate surface area is 123 Å². The second kappa shape index (κ2) is 7.06. The van der Waals surface area contributed by atoms with Gasteiger partial charge in [-0.2, -0.15) is 0 Å². The summed E-state index contributed by atoms with van der Waals surface area (Å²) >= 11 is 3.39. The van der Waals surface area contributed by atoms with E-state index in [4.69, 9.17) is 0 Å². The Balaban J connectivity index is 1.77. The first-order chi connectivity index (χ1) is 9.17. The van der Waals surface area contributed by atoms with E-state index < -0.39 is 0 Å². The molecule has 1 fully saturated rings. The lowest BCUT2D eigenvalue weighted by atomic mass is 9.84. The average Bonchev–Trinajstić information content (AvgIpc) is 2.42. The summed E-state index contributed by atoms with van der Waals surface area (Å²) in [7, 11) is 2.02. The Kier molecular flexibility index (Phi) is 5.40. The molecule has 0 aliphatic heterocycles. The number of hydrogen-bond acceptors (Lipinski definition) is 2. The monoisotopic (exact) mass is 324 g/mol. The topological polar surface area (TPSA) is 41.1 Å². The third-order valence-electron chi connectivity index (χ3n) is 3.86. The summed E-state index contributed by atoms with van der Waals surface area (Å²) in [6.45, 7) is 0. The predicted octanol–water partition coefficient (Wildman–Crippen LogP) is 3.56. The van der Waals surface area contributed by atoms with Crippen molar-refractivity contribution in [2.45, 2.75) is 38.1 Å². The van der Waals surface area contributed by atoms with E-state index in [1.807, 2.05) is 31.3 Å². The average molecular weight is 325 g/mol. The first-order valence-electron chi connectivity index (χ1n) is 6.90. The van der Waals surface area contributed by atoms with Gasteiger partial charge in [-0.05, 0) is 62.9 Å². The van der Waals surface area contributed by atoms with Crippen molar-refractivity contribution in [3.63, 3.8) is 0 Å². The Bertz CT molecular complexity index is 411. The van der Waals surface area contributed by atoms with Crippen molar-refractivity contribution in [3.8, 4) is 0 Å². The van der Waals surface area contributed by atoms with Crippen LogP contribution in [0.1, 0.15) is 32.1 Å². The summed E-state index contributed by atoms with van der Waals surface area (Å²) in [5, 5.41) is 6.28. The minimum absolute atomic E-state index is 0.134. The van der Waals surface area contributed by atoms with Crippen molar-refractivity contribution < 1.29 is 4.79 Å². The molecule has 1 aromatic rings. The first-order valence-corrected chi connectivity index (χ1v) is 7.69. The molecule has 2 rings (SSSR count). The van der Waals surface area contributed by atoms with Crippen LogP contribution in [0.3, 0.4) is 0 Å². The van der Waals surface area contributed by atoms with E-state index in [-0.39, 0.29) is 5.91 Å². The van der Waals surface area contributed by atoms with Crippen LogP contribution in [-0.4, -0.2) is 19.0 Å². The maximum atomic E-state index is 12.0. The van der Waals surface area contributed by atoms with Crippen LogP contribution in [0.15, 0.2) is 28.7 Å². The lowest BCUT2D eigenvalue weighted by Gasteiger charge is -2.27. The molecule has 0 spiro atoms. The fourth-order valence-electron chi connectivity index (χ4n) is 2.66. The van der Waals surface area contributed by atoms with E-state index in [9.17, 15) is 4.79 Å². The highest BCUT2D eigenvalue weighted by Gasteiger charge is 2.21. The minimum Gasteiger partial charge on any atom is -0.326 e. The summed E-state index contributed by atoms with van der Waals surface area (Å²) in [6.07, 6.45) is 5.32. The molecule has 1 aliphatic rings. The summed E-state index contributed by atoms with van der Waals surface area (Å²) < 4.78 is 1.02. The van der Waals surface area contributed by atoms with E-state index >= 15 is 0 Å². The molecular weight excluding hydrogens is 304 g/mol. The lowest BCUT2D eigenvalue weighted by Crippen LogP contribution is -2.31. The third kappa shape index (κ3) is 4.62. The largest absolute Gasteiger partial charge is 0.326 e. The molecule has 3 nitrogen and oxygen atoms in total. The molecule has 1 amide bonds. The molecule has 0 radical (unpaired) electrons. The van der Waals surface area contributed by atoms with Gasteiger partial charge in [0.25, 0.3) is 0 Å². The summed E-state index contributed by atoms with van der Waals surface area (Å²) in [5.41, 5.74) is 0.872. The van der Waals surface area contributed by atoms with Gasteiger partial charge in [0.1, 0.15) is 0 Å². The number of carbonyl (C=O) groups is 1. The van der Waals surface area contributed by atoms with Crippen molar-refractivity contribution in [3.05, 3.63) is 28.7 Å². The second-order valence-electron chi connectivity index (χ2n) is 5.27. The quantitative estimate of drug-likeness (QED) is 0.889. The molecule has 1 aliphatic carbocycles. The fourth-order valence-corrected chi connectivity index (χ4v) is 2.93. The van der Waals surface area contributed by atoms with E-state index in [0.717, 1.165) is 23.0 Å². The number of anilines is 1. The predicted molar refractivity (Wildman–Crippen MR) is 82.2 cm³/mol. The molecule has 2 N–H and O–H groups in total. The summed E-state index contributed by atoms with van der Waals surface area (Å²) in [6, 6.07) is 8.35. The molecule has 19 heavy (non-hydrogen) atoms. The maximum Gasteiger partial charge on any atom is 0.224 e. The molecule has 1 aromatic carbocycles. The molecule has 0 bridgehead atoms. The Morgan fingerprint density at radius 2 is 1.84 bits per heavy atom. The van der Waals surface area contributed by atoms with Crippen molar-refractivity contribution in [1.82, 2.24) is 5.32 Å². The van der Waals surface area contributed by atoms with Gasteiger partial charge in [0.2, 0.25) is 5.91 Å². The highest BCUT2D eigenvalue weighted by Crippen LogP contribution is 2.27. The van der Waals surface area contributed by atoms with E-state index in [2.05, 4.69) is 26.6 Å². The Hall–Kier alpha value is -0.870. The highest BCUT2D eigenvalue weighted by molar-refractivity contribution is 9.10. The van der Waals surface area contributed by atoms with Crippen LogP contribution >= 0.6 is 15.9 Å². The molecule has 4 heteroatoms. The molecule has 0 aromatic heterocycles. The van der Waals surface area contributed by atoms with Gasteiger partial charge in [-0.25, -0.2) is 0 Å². The number of nitrogens with one attached hydrogen (secondary N) is 2. The molecular formula is C15H21BrN2O. The van der Waals surface area contributed by atoms with Crippen LogP contribution in [0.4, 0.5) is 5.69 Å². The maximum absolute atomic E-state index is 12.0. The summed E-state index contributed by atoms with van der Waals surface area (Å²) in [4.78, 5) is 12.0. The number of benzene rings is 1. The minimum atomic E-state index is 0.134. The van der Waals surface area contributed by atoms with Crippen molar-refractivity contribution in [2.75, 3.05) is 12.4 Å². The number of carbonyl (C=O) groups excluding carboxylic acids is 1. The standard InChI is InChI=1S/C15H21BrN2O/c1-17-13-6-2-11(3-7-13)10-15(19)18-14-8-4-12(16)5-9-14/h4-5,8-9,11,13,17H,2-3,6-7,10H2,1H3,(H,18,19). The van der Waals surface area contributed by atoms with Crippen LogP contribution in [-0.2, 0) is 4.79 Å². The molecule has 0 atom stereocenters. The van der Waals surface area contributed by atoms with Gasteiger partial charge in [-0.15, -0.1) is 0 Å². The van der Waals surface area contributed by atoms with Gasteiger partial charge >= 0.3 is 0 Å². The number of halogens is 1. The third-order valence-corrected chi connectivity index (χ3v) is 4.39. The zero-order chi connectivity index (χ0) is 13.7. The van der Waals surface area contributed by atoms with Crippen molar-refractivity contribution in [1.29, 1.82) is 0 Å². The molecule has 0 saturated heterocycles. The molecule has 0 unspecified atom stereocenters. The van der Waals surface area contributed by atoms with Crippen molar-refractivity contribution in [2.24, 2.45) is 5.92 Å². The summed E-state index contributed by atoms with van der Waals surface area (Å²) in [5.74, 6) is 0.676. The lowest BCUT2D eigenvalue weighted by molar-refractivity contribution is -0.117. The zero-order valence-corrected chi connectivity index (χ0v) is 12.9. The SMILES string of the molecule is CNC1CCC(CC(=O)Nc2ccc(Br)cc2)CC1. The van der Waals surface area contributed by atoms with E-state index in [1.165, 1.54) is 12.8 Å². The van der Waals surface area contributed by atoms with Gasteiger partial charge < -0.3 is 10.6 Å². The molecule has 104 valence electrons. The van der Waals surface area contributed by atoms with Crippen LogP contribution in [0.2, 0.25) is 0 Å². The Morgan fingerprint density at radius 3 is 2.42 bits per heavy atom. The van der Waals surface area contributed by atoms with Gasteiger partial charge in [0, 0.05) is 22.6 Å². The first kappa shape index (κ1) is 14.5. The Morgan fingerprint density at radius 1 is 1.21 bits per heavy atom. The number of rotatable bonds is 4. The van der Waals surface area contributed by atoms with Crippen LogP contribution < -0.4 is 10.6 Å². The van der Waals surface area contributed by atoms with Gasteiger partial charge in [0.15, 0.2) is 0 Å². The fraction of sp³-hybridized carbons (Fsp3) is 0.533. The van der Waals surface area contributed by atoms with Crippen molar-refractivity contribution >= 4 is 27.5 Å². The molecule has 0 heterocycles. The normalized spacial score (nSPS) is 23.1. The van der Waals surface area contributed by atoms with Gasteiger partial charge in [0.05, 0.1) is 0 Å². The number of hydrogen-bond donors (Lipinski definition) is 2. The van der Waals surface area contributed by atoms with Crippen LogP contribution in [0, 0.1) is 5.92 Å². The highest BCUT2D eigenvalue weighted by atomic mass is 79.9. The molecule has 1 saturated carbocycles. The van der Waals surface area contributed by atoms with Gasteiger partial charge in [-0.1, -0.05) is 15.9 Å². The number of amides is 1. The van der Waals surface area contributed by atoms with Crippen LogP contribution in [0.25, 0.3) is 0 Å². The van der Waals surface area contributed by atoms with Gasteiger partial charge in [-0.3, -0.25) is 4.79 Å². The second-order valence-corrected chi connectivity index (χ2v) is 6.18. The van der Waals surface area contributed by atoms with Crippen LogP contribution in [0.5, 0.6) is 0 Å². The zero-order valence-electron chi connectivity index (χ0n) is 11.3. The van der Waals surface area contributed by atoms with E-state index in [0.29, 0.717) is 18.4 Å². The van der Waals surface area contributed by atoms with E-state index in [1.54, 1.807) is 0 Å². The smallest absolute Gasteiger partial charge is 0.224 e.